The van der Waals surface area contributed by atoms with Crippen LogP contribution in [0.15, 0.2) is 18.6 Å². The van der Waals surface area contributed by atoms with Crippen LogP contribution in [-0.4, -0.2) is 15.0 Å². The number of nitrogens with zero attached hydrogens (tertiary/aromatic N) is 3. The van der Waals surface area contributed by atoms with Gasteiger partial charge in [-0.2, -0.15) is 0 Å². The molecule has 1 fully saturated rings. The van der Waals surface area contributed by atoms with Gasteiger partial charge in [-0.05, 0) is 18.9 Å². The third-order valence-corrected chi connectivity index (χ3v) is 2.69. The van der Waals surface area contributed by atoms with Crippen molar-refractivity contribution in [2.45, 2.75) is 18.8 Å². The lowest BCUT2D eigenvalue weighted by Gasteiger charge is -2.02. The number of aromatic nitrogens is 3. The second-order valence-corrected chi connectivity index (χ2v) is 3.94. The zero-order valence-corrected chi connectivity index (χ0v) is 8.20. The van der Waals surface area contributed by atoms with Crippen molar-refractivity contribution in [2.24, 2.45) is 0 Å². The highest BCUT2D eigenvalue weighted by Gasteiger charge is 2.26. The van der Waals surface area contributed by atoms with E-state index < -0.39 is 0 Å². The minimum absolute atomic E-state index is 0.509. The average Bonchev–Trinajstić information content (AvgIpc) is 3.00. The Morgan fingerprint density at radius 1 is 1.21 bits per heavy atom. The summed E-state index contributed by atoms with van der Waals surface area (Å²) in [5, 5.41) is 1.56. The summed E-state index contributed by atoms with van der Waals surface area (Å²) in [7, 11) is 0. The molecule has 2 aromatic heterocycles. The van der Waals surface area contributed by atoms with E-state index in [4.69, 9.17) is 11.6 Å². The van der Waals surface area contributed by atoms with E-state index >= 15 is 0 Å². The van der Waals surface area contributed by atoms with Gasteiger partial charge in [-0.25, -0.2) is 15.0 Å². The summed E-state index contributed by atoms with van der Waals surface area (Å²) in [4.78, 5) is 12.5. The fraction of sp³-hybridized carbons (Fsp3) is 0.300. The smallest absolute Gasteiger partial charge is 0.129 e. The highest BCUT2D eigenvalue weighted by molar-refractivity contribution is 6.30. The monoisotopic (exact) mass is 205 g/mol. The Labute approximate surface area is 86.2 Å². The van der Waals surface area contributed by atoms with E-state index in [-0.39, 0.29) is 0 Å². The van der Waals surface area contributed by atoms with Gasteiger partial charge in [-0.15, -0.1) is 0 Å². The van der Waals surface area contributed by atoms with Gasteiger partial charge in [-0.1, -0.05) is 11.6 Å². The van der Waals surface area contributed by atoms with Crippen molar-refractivity contribution < 1.29 is 0 Å². The van der Waals surface area contributed by atoms with Crippen molar-refractivity contribution in [1.82, 2.24) is 15.0 Å². The Morgan fingerprint density at radius 2 is 2.07 bits per heavy atom. The standard InChI is InChI=1S/C10H8ClN3/c11-9-3-7-8(4-12-9)13-5-14-10(7)6-1-2-6/h3-6H,1-2H2. The average molecular weight is 206 g/mol. The third-order valence-electron chi connectivity index (χ3n) is 2.48. The Balaban J connectivity index is 2.32. The number of rotatable bonds is 1. The molecule has 0 unspecified atom stereocenters. The first-order valence-corrected chi connectivity index (χ1v) is 4.98. The lowest BCUT2D eigenvalue weighted by molar-refractivity contribution is 1.02. The van der Waals surface area contributed by atoms with E-state index in [2.05, 4.69) is 15.0 Å². The van der Waals surface area contributed by atoms with Gasteiger partial charge in [0.25, 0.3) is 0 Å². The lowest BCUT2D eigenvalue weighted by Crippen LogP contribution is -1.92. The van der Waals surface area contributed by atoms with Crippen LogP contribution >= 0.6 is 11.6 Å². The van der Waals surface area contributed by atoms with Crippen LogP contribution in [0.5, 0.6) is 0 Å². The molecule has 0 saturated heterocycles. The number of halogens is 1. The molecule has 4 heteroatoms. The van der Waals surface area contributed by atoms with Crippen LogP contribution < -0.4 is 0 Å². The molecule has 0 aliphatic heterocycles. The first-order chi connectivity index (χ1) is 6.84. The topological polar surface area (TPSA) is 38.7 Å². The molecule has 0 amide bonds. The summed E-state index contributed by atoms with van der Waals surface area (Å²) in [6.07, 6.45) is 5.76. The van der Waals surface area contributed by atoms with E-state index in [1.807, 2.05) is 6.07 Å². The molecular formula is C10H8ClN3. The predicted molar refractivity (Wildman–Crippen MR) is 54.3 cm³/mol. The van der Waals surface area contributed by atoms with Crippen molar-refractivity contribution in [2.75, 3.05) is 0 Å². The number of fused-ring (bicyclic) bond motifs is 1. The minimum Gasteiger partial charge on any atom is -0.242 e. The van der Waals surface area contributed by atoms with Crippen molar-refractivity contribution >= 4 is 22.5 Å². The maximum absolute atomic E-state index is 5.85. The molecule has 3 rings (SSSR count). The van der Waals surface area contributed by atoms with Gasteiger partial charge in [0.15, 0.2) is 0 Å². The van der Waals surface area contributed by atoms with Crippen LogP contribution in [0.1, 0.15) is 24.5 Å². The van der Waals surface area contributed by atoms with Gasteiger partial charge in [0, 0.05) is 11.3 Å². The van der Waals surface area contributed by atoms with Gasteiger partial charge in [0.2, 0.25) is 0 Å². The molecule has 1 aliphatic carbocycles. The van der Waals surface area contributed by atoms with Crippen molar-refractivity contribution in [3.05, 3.63) is 29.4 Å². The van der Waals surface area contributed by atoms with E-state index in [0.717, 1.165) is 16.6 Å². The molecule has 14 heavy (non-hydrogen) atoms. The third kappa shape index (κ3) is 1.24. The molecule has 0 aromatic carbocycles. The summed E-state index contributed by atoms with van der Waals surface area (Å²) >= 11 is 5.85. The Morgan fingerprint density at radius 3 is 2.86 bits per heavy atom. The molecule has 2 aromatic rings. The Kier molecular flexibility index (Phi) is 1.67. The van der Waals surface area contributed by atoms with Crippen molar-refractivity contribution in [3.8, 4) is 0 Å². The summed E-state index contributed by atoms with van der Waals surface area (Å²) in [6.45, 7) is 0. The number of hydrogen-bond acceptors (Lipinski definition) is 3. The largest absolute Gasteiger partial charge is 0.242 e. The van der Waals surface area contributed by atoms with Crippen LogP contribution in [-0.2, 0) is 0 Å². The molecular weight excluding hydrogens is 198 g/mol. The zero-order valence-electron chi connectivity index (χ0n) is 7.44. The normalized spacial score (nSPS) is 16.1. The van der Waals surface area contributed by atoms with Gasteiger partial charge in [-0.3, -0.25) is 0 Å². The predicted octanol–water partition coefficient (Wildman–Crippen LogP) is 2.56. The van der Waals surface area contributed by atoms with E-state index in [0.29, 0.717) is 11.1 Å². The van der Waals surface area contributed by atoms with E-state index in [9.17, 15) is 0 Å². The van der Waals surface area contributed by atoms with E-state index in [1.54, 1.807) is 12.5 Å². The van der Waals surface area contributed by atoms with Crippen LogP contribution in [0.3, 0.4) is 0 Å². The maximum atomic E-state index is 5.85. The van der Waals surface area contributed by atoms with Crippen LogP contribution in [0.2, 0.25) is 5.15 Å². The van der Waals surface area contributed by atoms with Gasteiger partial charge >= 0.3 is 0 Å². The number of pyridine rings is 1. The molecule has 2 heterocycles. The first-order valence-electron chi connectivity index (χ1n) is 4.61. The quantitative estimate of drug-likeness (QED) is 0.672. The van der Waals surface area contributed by atoms with Gasteiger partial charge < -0.3 is 0 Å². The molecule has 0 radical (unpaired) electrons. The first kappa shape index (κ1) is 8.12. The van der Waals surface area contributed by atoms with Crippen molar-refractivity contribution in [1.29, 1.82) is 0 Å². The lowest BCUT2D eigenvalue weighted by atomic mass is 10.1. The zero-order chi connectivity index (χ0) is 9.54. The molecule has 70 valence electrons. The second-order valence-electron chi connectivity index (χ2n) is 3.56. The molecule has 1 saturated carbocycles. The second kappa shape index (κ2) is 2.89. The van der Waals surface area contributed by atoms with Gasteiger partial charge in [0.1, 0.15) is 11.5 Å². The van der Waals surface area contributed by atoms with Crippen molar-refractivity contribution in [3.63, 3.8) is 0 Å². The molecule has 0 bridgehead atoms. The molecule has 0 spiro atoms. The summed E-state index contributed by atoms with van der Waals surface area (Å²) < 4.78 is 0. The fourth-order valence-electron chi connectivity index (χ4n) is 1.64. The fourth-order valence-corrected chi connectivity index (χ4v) is 1.79. The molecule has 3 nitrogen and oxygen atoms in total. The summed E-state index contributed by atoms with van der Waals surface area (Å²) in [5.41, 5.74) is 2.01. The Hall–Kier alpha value is -1.22. The van der Waals surface area contributed by atoms with Crippen LogP contribution in [0.25, 0.3) is 10.9 Å². The maximum Gasteiger partial charge on any atom is 0.129 e. The van der Waals surface area contributed by atoms with Crippen LogP contribution in [0, 0.1) is 0 Å². The highest BCUT2D eigenvalue weighted by Crippen LogP contribution is 2.41. The van der Waals surface area contributed by atoms with Gasteiger partial charge in [0.05, 0.1) is 17.4 Å². The molecule has 0 N–H and O–H groups in total. The van der Waals surface area contributed by atoms with Crippen LogP contribution in [0.4, 0.5) is 0 Å². The number of hydrogen-bond donors (Lipinski definition) is 0. The SMILES string of the molecule is Clc1cc2c(C3CC3)ncnc2cn1. The highest BCUT2D eigenvalue weighted by atomic mass is 35.5. The van der Waals surface area contributed by atoms with E-state index in [1.165, 1.54) is 12.8 Å². The summed E-state index contributed by atoms with van der Waals surface area (Å²) in [5.74, 6) is 0.610. The minimum atomic E-state index is 0.509. The molecule has 0 atom stereocenters. The molecule has 1 aliphatic rings. The summed E-state index contributed by atoms with van der Waals surface area (Å²) in [6, 6.07) is 1.85. The Bertz CT molecular complexity index is 494.